The lowest BCUT2D eigenvalue weighted by Crippen LogP contribution is -2.45. The first-order valence-corrected chi connectivity index (χ1v) is 8.15. The molecule has 1 saturated heterocycles. The lowest BCUT2D eigenvalue weighted by atomic mass is 10.3. The van der Waals surface area contributed by atoms with Crippen molar-refractivity contribution in [2.24, 2.45) is 0 Å². The molecule has 2 rings (SSSR count). The largest absolute Gasteiger partial charge is 0.355 e. The molecule has 0 aliphatic carbocycles. The number of nitrogens with one attached hydrogen (secondary N) is 2. The molecular weight excluding hydrogens is 294 g/mol. The van der Waals surface area contributed by atoms with Gasteiger partial charge < -0.3 is 10.2 Å². The van der Waals surface area contributed by atoms with Crippen LogP contribution in [0.2, 0.25) is 0 Å². The zero-order chi connectivity index (χ0) is 16.5. The number of nitrogens with zero attached hydrogens (tertiary/aromatic N) is 3. The van der Waals surface area contributed by atoms with Crippen LogP contribution in [-0.2, 0) is 4.79 Å². The Morgan fingerprint density at radius 3 is 2.83 bits per heavy atom. The van der Waals surface area contributed by atoms with Crippen molar-refractivity contribution < 1.29 is 9.59 Å². The summed E-state index contributed by atoms with van der Waals surface area (Å²) in [7, 11) is 0. The number of aromatic nitrogens is 1. The van der Waals surface area contributed by atoms with Gasteiger partial charge in [-0.2, -0.15) is 0 Å². The van der Waals surface area contributed by atoms with Gasteiger partial charge in [-0.15, -0.1) is 0 Å². The maximum atomic E-state index is 11.9. The number of rotatable bonds is 5. The molecule has 126 valence electrons. The molecule has 0 radical (unpaired) electrons. The Bertz CT molecular complexity index is 508. The smallest absolute Gasteiger partial charge is 0.321 e. The molecule has 0 aromatic carbocycles. The standard InChI is InChI=1S/C16H25N5O2/c1-2-7-18-16(23)19-15(22)13-20-9-5-10-21(12-11-20)14-6-3-4-8-17-14/h3-4,6,8H,2,5,7,9-13H2,1H3,(H2,18,19,22,23). The predicted molar refractivity (Wildman–Crippen MR) is 89.3 cm³/mol. The molecule has 3 amide bonds. The van der Waals surface area contributed by atoms with E-state index in [4.69, 9.17) is 0 Å². The summed E-state index contributed by atoms with van der Waals surface area (Å²) in [6.07, 6.45) is 3.60. The quantitative estimate of drug-likeness (QED) is 0.840. The van der Waals surface area contributed by atoms with E-state index in [1.165, 1.54) is 0 Å². The highest BCUT2D eigenvalue weighted by atomic mass is 16.2. The summed E-state index contributed by atoms with van der Waals surface area (Å²) in [6, 6.07) is 5.47. The first-order valence-electron chi connectivity index (χ1n) is 8.15. The van der Waals surface area contributed by atoms with E-state index in [2.05, 4.69) is 25.4 Å². The number of hydrogen-bond donors (Lipinski definition) is 2. The van der Waals surface area contributed by atoms with Gasteiger partial charge in [0.15, 0.2) is 0 Å². The van der Waals surface area contributed by atoms with Gasteiger partial charge in [0, 0.05) is 38.9 Å². The Hall–Kier alpha value is -2.15. The number of imide groups is 1. The van der Waals surface area contributed by atoms with E-state index < -0.39 is 6.03 Å². The molecule has 1 fully saturated rings. The van der Waals surface area contributed by atoms with E-state index in [9.17, 15) is 9.59 Å². The third-order valence-electron chi connectivity index (χ3n) is 3.72. The van der Waals surface area contributed by atoms with E-state index in [1.54, 1.807) is 6.20 Å². The Balaban J connectivity index is 1.77. The van der Waals surface area contributed by atoms with E-state index in [0.717, 1.165) is 44.8 Å². The first kappa shape index (κ1) is 17.2. The average Bonchev–Trinajstić information content (AvgIpc) is 2.79. The molecule has 1 aromatic rings. The summed E-state index contributed by atoms with van der Waals surface area (Å²) in [6.45, 7) is 6.15. The number of carbonyl (C=O) groups is 2. The Kier molecular flexibility index (Phi) is 6.80. The molecule has 0 unspecified atom stereocenters. The van der Waals surface area contributed by atoms with Gasteiger partial charge in [-0.1, -0.05) is 13.0 Å². The van der Waals surface area contributed by atoms with E-state index in [0.29, 0.717) is 6.54 Å². The van der Waals surface area contributed by atoms with Crippen molar-refractivity contribution in [2.45, 2.75) is 19.8 Å². The van der Waals surface area contributed by atoms with Crippen LogP contribution in [0.4, 0.5) is 10.6 Å². The Labute approximate surface area is 137 Å². The number of anilines is 1. The second-order valence-electron chi connectivity index (χ2n) is 5.61. The molecule has 23 heavy (non-hydrogen) atoms. The van der Waals surface area contributed by atoms with Gasteiger partial charge >= 0.3 is 6.03 Å². The maximum absolute atomic E-state index is 11.9. The van der Waals surface area contributed by atoms with Crippen molar-refractivity contribution in [3.8, 4) is 0 Å². The normalized spacial score (nSPS) is 15.8. The lowest BCUT2D eigenvalue weighted by Gasteiger charge is -2.22. The molecule has 1 aromatic heterocycles. The number of pyridine rings is 1. The van der Waals surface area contributed by atoms with Gasteiger partial charge in [-0.05, 0) is 25.0 Å². The van der Waals surface area contributed by atoms with Crippen LogP contribution in [0.25, 0.3) is 0 Å². The van der Waals surface area contributed by atoms with E-state index in [1.807, 2.05) is 25.1 Å². The van der Waals surface area contributed by atoms with Crippen LogP contribution < -0.4 is 15.5 Å². The van der Waals surface area contributed by atoms with Crippen molar-refractivity contribution in [1.82, 2.24) is 20.5 Å². The van der Waals surface area contributed by atoms with Gasteiger partial charge in [-0.3, -0.25) is 15.0 Å². The SMILES string of the molecule is CCCNC(=O)NC(=O)CN1CCCN(c2ccccn2)CC1. The molecule has 7 heteroatoms. The summed E-state index contributed by atoms with van der Waals surface area (Å²) in [4.78, 5) is 32.1. The first-order chi connectivity index (χ1) is 11.2. The van der Waals surface area contributed by atoms with Gasteiger partial charge in [0.25, 0.3) is 0 Å². The fourth-order valence-electron chi connectivity index (χ4n) is 2.55. The number of amides is 3. The molecule has 2 heterocycles. The molecule has 1 aliphatic rings. The molecule has 0 saturated carbocycles. The molecular formula is C16H25N5O2. The van der Waals surface area contributed by atoms with Crippen molar-refractivity contribution in [3.63, 3.8) is 0 Å². The summed E-state index contributed by atoms with van der Waals surface area (Å²) < 4.78 is 0. The second-order valence-corrected chi connectivity index (χ2v) is 5.61. The zero-order valence-electron chi connectivity index (χ0n) is 13.6. The highest BCUT2D eigenvalue weighted by Gasteiger charge is 2.18. The predicted octanol–water partition coefficient (Wildman–Crippen LogP) is 0.829. The van der Waals surface area contributed by atoms with Crippen LogP contribution in [0.5, 0.6) is 0 Å². The minimum absolute atomic E-state index is 0.246. The number of hydrogen-bond acceptors (Lipinski definition) is 5. The summed E-state index contributed by atoms with van der Waals surface area (Å²) in [5, 5.41) is 5.00. The average molecular weight is 319 g/mol. The van der Waals surface area contributed by atoms with Crippen molar-refractivity contribution in [3.05, 3.63) is 24.4 Å². The number of carbonyl (C=O) groups excluding carboxylic acids is 2. The van der Waals surface area contributed by atoms with Crippen LogP contribution in [0.3, 0.4) is 0 Å². The molecule has 7 nitrogen and oxygen atoms in total. The molecule has 1 aliphatic heterocycles. The van der Waals surface area contributed by atoms with Crippen LogP contribution in [0.1, 0.15) is 19.8 Å². The van der Waals surface area contributed by atoms with Gasteiger partial charge in [0.05, 0.1) is 6.54 Å². The lowest BCUT2D eigenvalue weighted by molar-refractivity contribution is -0.121. The second kappa shape index (κ2) is 9.09. The monoisotopic (exact) mass is 319 g/mol. The van der Waals surface area contributed by atoms with E-state index in [-0.39, 0.29) is 12.5 Å². The van der Waals surface area contributed by atoms with E-state index >= 15 is 0 Å². The van der Waals surface area contributed by atoms with Crippen molar-refractivity contribution in [1.29, 1.82) is 0 Å². The fraction of sp³-hybridized carbons (Fsp3) is 0.562. The molecule has 0 atom stereocenters. The Morgan fingerprint density at radius 1 is 1.22 bits per heavy atom. The van der Waals surface area contributed by atoms with Crippen LogP contribution in [-0.4, -0.2) is 61.1 Å². The summed E-state index contributed by atoms with van der Waals surface area (Å²) >= 11 is 0. The molecule has 0 spiro atoms. The van der Waals surface area contributed by atoms with Crippen molar-refractivity contribution in [2.75, 3.05) is 44.2 Å². The topological polar surface area (TPSA) is 77.6 Å². The summed E-state index contributed by atoms with van der Waals surface area (Å²) in [5.74, 6) is 0.711. The summed E-state index contributed by atoms with van der Waals surface area (Å²) in [5.41, 5.74) is 0. The van der Waals surface area contributed by atoms with Crippen LogP contribution in [0, 0.1) is 0 Å². The van der Waals surface area contributed by atoms with Crippen LogP contribution >= 0.6 is 0 Å². The Morgan fingerprint density at radius 2 is 2.09 bits per heavy atom. The van der Waals surface area contributed by atoms with Gasteiger partial charge in [-0.25, -0.2) is 9.78 Å². The minimum Gasteiger partial charge on any atom is -0.355 e. The van der Waals surface area contributed by atoms with Crippen LogP contribution in [0.15, 0.2) is 24.4 Å². The molecule has 2 N–H and O–H groups in total. The minimum atomic E-state index is -0.415. The molecule has 0 bridgehead atoms. The fourth-order valence-corrected chi connectivity index (χ4v) is 2.55. The highest BCUT2D eigenvalue weighted by molar-refractivity contribution is 5.95. The van der Waals surface area contributed by atoms with Crippen molar-refractivity contribution >= 4 is 17.8 Å². The number of urea groups is 1. The maximum Gasteiger partial charge on any atom is 0.321 e. The third-order valence-corrected chi connectivity index (χ3v) is 3.72. The van der Waals surface area contributed by atoms with Gasteiger partial charge in [0.1, 0.15) is 5.82 Å². The highest BCUT2D eigenvalue weighted by Crippen LogP contribution is 2.12. The third kappa shape index (κ3) is 5.86. The van der Waals surface area contributed by atoms with Gasteiger partial charge in [0.2, 0.25) is 5.91 Å². The zero-order valence-corrected chi connectivity index (χ0v) is 13.6.